The highest BCUT2D eigenvalue weighted by Gasteiger charge is 2.29. The number of hydrogen-bond donors (Lipinski definition) is 1. The van der Waals surface area contributed by atoms with Gasteiger partial charge in [-0.3, -0.25) is 4.79 Å². The summed E-state index contributed by atoms with van der Waals surface area (Å²) in [5, 5.41) is 0. The summed E-state index contributed by atoms with van der Waals surface area (Å²) in [6.45, 7) is 4.11. The maximum atomic E-state index is 12.5. The normalized spacial score (nSPS) is 21.7. The van der Waals surface area contributed by atoms with E-state index >= 15 is 0 Å². The molecular weight excluding hydrogens is 358 g/mol. The number of amides is 1. The van der Waals surface area contributed by atoms with Crippen molar-refractivity contribution in [3.8, 4) is 0 Å². The van der Waals surface area contributed by atoms with Crippen LogP contribution in [0.3, 0.4) is 0 Å². The van der Waals surface area contributed by atoms with Crippen molar-refractivity contribution in [2.24, 2.45) is 5.92 Å². The smallest absolute Gasteiger partial charge is 0.355 e. The number of esters is 1. The van der Waals surface area contributed by atoms with Gasteiger partial charge in [0.1, 0.15) is 10.6 Å². The highest BCUT2D eigenvalue weighted by Crippen LogP contribution is 2.21. The first-order valence-corrected chi connectivity index (χ1v) is 10.5. The zero-order valence-electron chi connectivity index (χ0n) is 14.9. The number of aromatic nitrogens is 1. The molecule has 2 saturated heterocycles. The van der Waals surface area contributed by atoms with Gasteiger partial charge in [-0.2, -0.15) is 4.31 Å². The van der Waals surface area contributed by atoms with E-state index in [2.05, 4.69) is 11.9 Å². The number of H-pyrrole nitrogens is 1. The van der Waals surface area contributed by atoms with Crippen LogP contribution < -0.4 is 0 Å². The Balaban J connectivity index is 1.57. The van der Waals surface area contributed by atoms with Gasteiger partial charge in [-0.05, 0) is 37.7 Å². The molecule has 2 aliphatic rings. The lowest BCUT2D eigenvalue weighted by Crippen LogP contribution is -2.41. The molecule has 3 rings (SSSR count). The largest absolute Gasteiger partial charge is 0.451 e. The van der Waals surface area contributed by atoms with Crippen LogP contribution in [0.5, 0.6) is 0 Å². The van der Waals surface area contributed by atoms with Gasteiger partial charge in [0.25, 0.3) is 5.91 Å². The molecule has 1 N–H and O–H groups in total. The molecule has 0 bridgehead atoms. The molecule has 3 heterocycles. The maximum Gasteiger partial charge on any atom is 0.355 e. The summed E-state index contributed by atoms with van der Waals surface area (Å²) >= 11 is 0. The van der Waals surface area contributed by atoms with Crippen LogP contribution >= 0.6 is 0 Å². The molecule has 8 nitrogen and oxygen atoms in total. The number of piperidine rings is 1. The van der Waals surface area contributed by atoms with E-state index in [1.807, 2.05) is 0 Å². The molecule has 9 heteroatoms. The number of nitrogens with zero attached hydrogens (tertiary/aromatic N) is 2. The number of aromatic amines is 1. The highest BCUT2D eigenvalue weighted by atomic mass is 32.2. The number of nitrogens with one attached hydrogen (secondary N) is 1. The second kappa shape index (κ2) is 7.79. The third kappa shape index (κ3) is 4.09. The lowest BCUT2D eigenvalue weighted by Gasteiger charge is -2.30. The number of carbonyl (C=O) groups excluding carboxylic acids is 2. The van der Waals surface area contributed by atoms with Gasteiger partial charge in [0.05, 0.1) is 0 Å². The predicted octanol–water partition coefficient (Wildman–Crippen LogP) is 1.21. The van der Waals surface area contributed by atoms with Crippen LogP contribution in [0.4, 0.5) is 0 Å². The molecule has 1 aromatic rings. The Labute approximate surface area is 153 Å². The first-order valence-electron chi connectivity index (χ1n) is 9.01. The van der Waals surface area contributed by atoms with Crippen molar-refractivity contribution in [1.29, 1.82) is 0 Å². The highest BCUT2D eigenvalue weighted by molar-refractivity contribution is 7.89. The Morgan fingerprint density at radius 2 is 1.96 bits per heavy atom. The number of carbonyl (C=O) groups is 2. The Morgan fingerprint density at radius 1 is 1.23 bits per heavy atom. The van der Waals surface area contributed by atoms with Crippen LogP contribution in [-0.4, -0.2) is 67.3 Å². The number of ether oxygens (including phenoxy) is 1. The van der Waals surface area contributed by atoms with Crippen LogP contribution in [0.25, 0.3) is 0 Å². The fourth-order valence-electron chi connectivity index (χ4n) is 3.43. The lowest BCUT2D eigenvalue weighted by molar-refractivity contribution is -0.136. The first kappa shape index (κ1) is 18.9. The van der Waals surface area contributed by atoms with Crippen molar-refractivity contribution in [2.45, 2.75) is 37.5 Å². The average molecular weight is 383 g/mol. The van der Waals surface area contributed by atoms with Crippen LogP contribution in [0.1, 0.15) is 43.1 Å². The van der Waals surface area contributed by atoms with E-state index in [9.17, 15) is 18.0 Å². The number of sulfonamides is 1. The number of rotatable bonds is 5. The zero-order chi connectivity index (χ0) is 18.7. The maximum absolute atomic E-state index is 12.5. The van der Waals surface area contributed by atoms with Crippen molar-refractivity contribution < 1.29 is 22.7 Å². The first-order chi connectivity index (χ1) is 12.4. The molecule has 2 aliphatic heterocycles. The molecule has 1 atom stereocenters. The van der Waals surface area contributed by atoms with Crippen molar-refractivity contribution in [3.63, 3.8) is 0 Å². The minimum absolute atomic E-state index is 0.0302. The van der Waals surface area contributed by atoms with Crippen molar-refractivity contribution in [1.82, 2.24) is 14.2 Å². The summed E-state index contributed by atoms with van der Waals surface area (Å²) in [5.74, 6) is -0.502. The Morgan fingerprint density at radius 3 is 2.65 bits per heavy atom. The van der Waals surface area contributed by atoms with Gasteiger partial charge in [-0.15, -0.1) is 0 Å². The van der Waals surface area contributed by atoms with Crippen LogP contribution in [0.2, 0.25) is 0 Å². The Bertz CT molecular complexity index is 767. The minimum Gasteiger partial charge on any atom is -0.451 e. The van der Waals surface area contributed by atoms with Crippen molar-refractivity contribution in [2.75, 3.05) is 32.8 Å². The summed E-state index contributed by atoms with van der Waals surface area (Å²) in [7, 11) is -3.59. The fourth-order valence-corrected chi connectivity index (χ4v) is 4.94. The quantitative estimate of drug-likeness (QED) is 0.771. The van der Waals surface area contributed by atoms with Gasteiger partial charge in [0.2, 0.25) is 10.0 Å². The van der Waals surface area contributed by atoms with E-state index in [4.69, 9.17) is 4.74 Å². The number of likely N-dealkylation sites (tertiary alicyclic amines) is 1. The van der Waals surface area contributed by atoms with Gasteiger partial charge in [0.15, 0.2) is 6.61 Å². The molecule has 0 radical (unpaired) electrons. The average Bonchev–Trinajstić information content (AvgIpc) is 3.31. The molecule has 0 spiro atoms. The summed E-state index contributed by atoms with van der Waals surface area (Å²) in [5.41, 5.74) is 0.0302. The lowest BCUT2D eigenvalue weighted by atomic mass is 10.0. The molecule has 1 aromatic heterocycles. The van der Waals surface area contributed by atoms with Crippen molar-refractivity contribution >= 4 is 21.9 Å². The molecule has 2 fully saturated rings. The molecule has 0 aliphatic carbocycles. The van der Waals surface area contributed by atoms with Crippen molar-refractivity contribution in [3.05, 3.63) is 18.0 Å². The summed E-state index contributed by atoms with van der Waals surface area (Å²) in [6.07, 6.45) is 5.03. The summed E-state index contributed by atoms with van der Waals surface area (Å²) in [4.78, 5) is 28.7. The molecular formula is C17H25N3O5S. The second-order valence-electron chi connectivity index (χ2n) is 7.02. The fraction of sp³-hybridized carbons (Fsp3) is 0.647. The standard InChI is InChI=1S/C17H25N3O5S/c1-13-5-4-6-19(11-13)16(21)12-25-17(22)15-9-14(10-18-15)26(23,24)20-7-2-3-8-20/h9-10,13,18H,2-8,11-12H2,1H3. The van der Waals surface area contributed by atoms with E-state index in [1.54, 1.807) is 4.90 Å². The zero-order valence-corrected chi connectivity index (χ0v) is 15.8. The molecule has 144 valence electrons. The third-order valence-electron chi connectivity index (χ3n) is 4.92. The second-order valence-corrected chi connectivity index (χ2v) is 8.96. The molecule has 26 heavy (non-hydrogen) atoms. The monoisotopic (exact) mass is 383 g/mol. The summed E-state index contributed by atoms with van der Waals surface area (Å²) < 4.78 is 31.4. The third-order valence-corrected chi connectivity index (χ3v) is 6.79. The van der Waals surface area contributed by atoms with E-state index in [1.165, 1.54) is 16.6 Å². The van der Waals surface area contributed by atoms with Crippen LogP contribution in [-0.2, 0) is 19.6 Å². The van der Waals surface area contributed by atoms with E-state index in [0.29, 0.717) is 32.1 Å². The van der Waals surface area contributed by atoms with Gasteiger partial charge in [-0.1, -0.05) is 6.92 Å². The molecule has 0 aromatic carbocycles. The Kier molecular flexibility index (Phi) is 5.67. The predicted molar refractivity (Wildman–Crippen MR) is 94.0 cm³/mol. The van der Waals surface area contributed by atoms with Gasteiger partial charge < -0.3 is 14.6 Å². The van der Waals surface area contributed by atoms with Gasteiger partial charge in [0, 0.05) is 32.4 Å². The van der Waals surface area contributed by atoms with Crippen LogP contribution in [0, 0.1) is 5.92 Å². The SMILES string of the molecule is CC1CCCN(C(=O)COC(=O)c2cc(S(=O)(=O)N3CCCC3)c[nH]2)C1. The number of hydrogen-bond acceptors (Lipinski definition) is 5. The van der Waals surface area contributed by atoms with Gasteiger partial charge in [-0.25, -0.2) is 13.2 Å². The van der Waals surface area contributed by atoms with E-state index in [0.717, 1.165) is 25.7 Å². The van der Waals surface area contributed by atoms with E-state index < -0.39 is 16.0 Å². The van der Waals surface area contributed by atoms with Gasteiger partial charge >= 0.3 is 5.97 Å². The van der Waals surface area contributed by atoms with Crippen LogP contribution in [0.15, 0.2) is 17.2 Å². The molecule has 1 unspecified atom stereocenters. The molecule has 1 amide bonds. The topological polar surface area (TPSA) is 99.8 Å². The Hall–Kier alpha value is -1.87. The molecule has 0 saturated carbocycles. The van der Waals surface area contributed by atoms with E-state index in [-0.39, 0.29) is 23.1 Å². The minimum atomic E-state index is -3.59. The summed E-state index contributed by atoms with van der Waals surface area (Å²) in [6, 6.07) is 1.27.